The van der Waals surface area contributed by atoms with Gasteiger partial charge in [0.15, 0.2) is 0 Å². The monoisotopic (exact) mass is 267 g/mol. The molecule has 0 aliphatic rings. The van der Waals surface area contributed by atoms with Crippen molar-refractivity contribution in [1.82, 2.24) is 5.32 Å². The van der Waals surface area contributed by atoms with Gasteiger partial charge >= 0.3 is 0 Å². The number of hydrogen-bond acceptors (Lipinski definition) is 3. The summed E-state index contributed by atoms with van der Waals surface area (Å²) >= 11 is 3.70. The first-order valence-electron chi connectivity index (χ1n) is 5.84. The van der Waals surface area contributed by atoms with Gasteiger partial charge in [-0.15, -0.1) is 18.3 Å². The second-order valence-electron chi connectivity index (χ2n) is 3.81. The molecule has 0 fully saturated rings. The van der Waals surface area contributed by atoms with Gasteiger partial charge in [0.2, 0.25) is 0 Å². The maximum atomic E-state index is 3.71. The lowest BCUT2D eigenvalue weighted by Gasteiger charge is -2.14. The van der Waals surface area contributed by atoms with Gasteiger partial charge in [0.05, 0.1) is 0 Å². The first-order valence-corrected chi connectivity index (χ1v) is 8.22. The Kier molecular flexibility index (Phi) is 7.49. The van der Waals surface area contributed by atoms with Crippen LogP contribution in [-0.2, 0) is 0 Å². The van der Waals surface area contributed by atoms with E-state index in [0.717, 1.165) is 18.1 Å². The van der Waals surface area contributed by atoms with E-state index >= 15 is 0 Å². The molecule has 0 saturated carbocycles. The SMILES string of the molecule is C=CCSCCNC(C)c1ccc(SC)cc1. The molecular formula is C14H21NS2. The molecular weight excluding hydrogens is 246 g/mol. The normalized spacial score (nSPS) is 12.4. The molecule has 0 heterocycles. The quantitative estimate of drug-likeness (QED) is 0.435. The van der Waals surface area contributed by atoms with Crippen molar-refractivity contribution in [3.8, 4) is 0 Å². The summed E-state index contributed by atoms with van der Waals surface area (Å²) in [6, 6.07) is 9.21. The highest BCUT2D eigenvalue weighted by molar-refractivity contribution is 7.99. The summed E-state index contributed by atoms with van der Waals surface area (Å²) in [4.78, 5) is 1.32. The molecule has 0 amide bonds. The zero-order valence-corrected chi connectivity index (χ0v) is 12.2. The first kappa shape index (κ1) is 14.7. The topological polar surface area (TPSA) is 12.0 Å². The summed E-state index contributed by atoms with van der Waals surface area (Å²) < 4.78 is 0. The van der Waals surface area contributed by atoms with Gasteiger partial charge in [-0.05, 0) is 30.9 Å². The minimum Gasteiger partial charge on any atom is -0.309 e. The Morgan fingerprint density at radius 2 is 2.06 bits per heavy atom. The molecule has 1 rings (SSSR count). The molecule has 1 nitrogen and oxygen atoms in total. The van der Waals surface area contributed by atoms with E-state index in [1.54, 1.807) is 11.8 Å². The van der Waals surface area contributed by atoms with Gasteiger partial charge in [0, 0.05) is 29.0 Å². The molecule has 0 aromatic heterocycles. The van der Waals surface area contributed by atoms with Crippen LogP contribution in [0.4, 0.5) is 0 Å². The van der Waals surface area contributed by atoms with Gasteiger partial charge < -0.3 is 5.32 Å². The van der Waals surface area contributed by atoms with Crippen LogP contribution in [0.2, 0.25) is 0 Å². The van der Waals surface area contributed by atoms with Crippen molar-refractivity contribution in [1.29, 1.82) is 0 Å². The standard InChI is InChI=1S/C14H21NS2/c1-4-10-17-11-9-15-12(2)13-5-7-14(16-3)8-6-13/h4-8,12,15H,1,9-11H2,2-3H3. The van der Waals surface area contributed by atoms with E-state index in [0.29, 0.717) is 6.04 Å². The third-order valence-electron chi connectivity index (χ3n) is 2.55. The molecule has 0 bridgehead atoms. The molecule has 0 aliphatic carbocycles. The molecule has 94 valence electrons. The predicted octanol–water partition coefficient (Wildman–Crippen LogP) is 3.98. The van der Waals surface area contributed by atoms with Gasteiger partial charge in [-0.3, -0.25) is 0 Å². The van der Waals surface area contributed by atoms with Crippen molar-refractivity contribution in [3.63, 3.8) is 0 Å². The summed E-state index contributed by atoms with van der Waals surface area (Å²) in [5, 5.41) is 3.53. The van der Waals surface area contributed by atoms with Crippen molar-refractivity contribution < 1.29 is 0 Å². The third kappa shape index (κ3) is 5.66. The molecule has 1 N–H and O–H groups in total. The Morgan fingerprint density at radius 1 is 1.35 bits per heavy atom. The lowest BCUT2D eigenvalue weighted by atomic mass is 10.1. The highest BCUT2D eigenvalue weighted by Gasteiger charge is 2.03. The number of hydrogen-bond donors (Lipinski definition) is 1. The molecule has 1 aromatic carbocycles. The van der Waals surface area contributed by atoms with Crippen LogP contribution in [0.5, 0.6) is 0 Å². The predicted molar refractivity (Wildman–Crippen MR) is 82.2 cm³/mol. The maximum Gasteiger partial charge on any atom is 0.0292 e. The van der Waals surface area contributed by atoms with Crippen molar-refractivity contribution in [2.45, 2.75) is 17.9 Å². The fourth-order valence-corrected chi connectivity index (χ4v) is 2.53. The molecule has 0 aliphatic heterocycles. The zero-order chi connectivity index (χ0) is 12.5. The molecule has 0 saturated heterocycles. The Morgan fingerprint density at radius 3 is 2.65 bits per heavy atom. The smallest absolute Gasteiger partial charge is 0.0292 e. The average molecular weight is 267 g/mol. The van der Waals surface area contributed by atoms with Gasteiger partial charge in [-0.2, -0.15) is 11.8 Å². The van der Waals surface area contributed by atoms with E-state index in [1.165, 1.54) is 10.5 Å². The van der Waals surface area contributed by atoms with E-state index in [9.17, 15) is 0 Å². The van der Waals surface area contributed by atoms with E-state index in [2.05, 4.69) is 49.3 Å². The van der Waals surface area contributed by atoms with Gasteiger partial charge in [0.1, 0.15) is 0 Å². The summed E-state index contributed by atoms with van der Waals surface area (Å²) in [7, 11) is 0. The summed E-state index contributed by atoms with van der Waals surface area (Å²) in [6.45, 7) is 6.97. The van der Waals surface area contributed by atoms with Crippen molar-refractivity contribution in [2.24, 2.45) is 0 Å². The van der Waals surface area contributed by atoms with E-state index in [1.807, 2.05) is 17.8 Å². The first-order chi connectivity index (χ1) is 8.27. The van der Waals surface area contributed by atoms with Crippen molar-refractivity contribution >= 4 is 23.5 Å². The van der Waals surface area contributed by atoms with Gasteiger partial charge in [-0.1, -0.05) is 18.2 Å². The number of rotatable bonds is 8. The van der Waals surface area contributed by atoms with Gasteiger partial charge in [0.25, 0.3) is 0 Å². The van der Waals surface area contributed by atoms with Crippen molar-refractivity contribution in [2.75, 3.05) is 24.3 Å². The fourth-order valence-electron chi connectivity index (χ4n) is 1.52. The Bertz CT molecular complexity index is 321. The number of nitrogens with one attached hydrogen (secondary N) is 1. The number of thioether (sulfide) groups is 2. The van der Waals surface area contributed by atoms with Crippen LogP contribution < -0.4 is 5.32 Å². The summed E-state index contributed by atoms with van der Waals surface area (Å²) in [5.41, 5.74) is 1.36. The lowest BCUT2D eigenvalue weighted by Crippen LogP contribution is -2.21. The second-order valence-corrected chi connectivity index (χ2v) is 5.84. The van der Waals surface area contributed by atoms with Crippen LogP contribution in [0.1, 0.15) is 18.5 Å². The minimum absolute atomic E-state index is 0.426. The van der Waals surface area contributed by atoms with Gasteiger partial charge in [-0.25, -0.2) is 0 Å². The van der Waals surface area contributed by atoms with Crippen molar-refractivity contribution in [3.05, 3.63) is 42.5 Å². The Balaban J connectivity index is 2.30. The van der Waals surface area contributed by atoms with Crippen LogP contribution in [0.25, 0.3) is 0 Å². The van der Waals surface area contributed by atoms with Crippen LogP contribution in [0.3, 0.4) is 0 Å². The maximum absolute atomic E-state index is 3.71. The van der Waals surface area contributed by atoms with E-state index in [-0.39, 0.29) is 0 Å². The molecule has 0 radical (unpaired) electrons. The van der Waals surface area contributed by atoms with E-state index < -0.39 is 0 Å². The third-order valence-corrected chi connectivity index (χ3v) is 4.26. The van der Waals surface area contributed by atoms with Crippen LogP contribution >= 0.6 is 23.5 Å². The van der Waals surface area contributed by atoms with Crippen LogP contribution in [0, 0.1) is 0 Å². The second kappa shape index (κ2) is 8.67. The molecule has 0 spiro atoms. The molecule has 1 aromatic rings. The highest BCUT2D eigenvalue weighted by Crippen LogP contribution is 2.18. The zero-order valence-electron chi connectivity index (χ0n) is 10.6. The largest absolute Gasteiger partial charge is 0.309 e. The molecule has 1 atom stereocenters. The summed E-state index contributed by atoms with van der Waals surface area (Å²) in [5.74, 6) is 2.18. The van der Waals surface area contributed by atoms with E-state index in [4.69, 9.17) is 0 Å². The van der Waals surface area contributed by atoms with Crippen LogP contribution in [-0.4, -0.2) is 24.3 Å². The minimum atomic E-state index is 0.426. The molecule has 17 heavy (non-hydrogen) atoms. The lowest BCUT2D eigenvalue weighted by molar-refractivity contribution is 0.601. The van der Waals surface area contributed by atoms with Crippen LogP contribution in [0.15, 0.2) is 41.8 Å². The average Bonchev–Trinajstić information content (AvgIpc) is 2.38. The highest BCUT2D eigenvalue weighted by atomic mass is 32.2. The number of benzene rings is 1. The molecule has 1 unspecified atom stereocenters. The summed E-state index contributed by atoms with van der Waals surface area (Å²) in [6.07, 6.45) is 4.06. The Hall–Kier alpha value is -0.380. The molecule has 3 heteroatoms. The Labute approximate surface area is 113 Å². The fraction of sp³-hybridized carbons (Fsp3) is 0.429.